The molecule has 8 nitrogen and oxygen atoms in total. The van der Waals surface area contributed by atoms with E-state index in [2.05, 4.69) is 39.2 Å². The summed E-state index contributed by atoms with van der Waals surface area (Å²) >= 11 is 3.09. The molecule has 0 saturated heterocycles. The summed E-state index contributed by atoms with van der Waals surface area (Å²) in [4.78, 5) is 20.5. The third-order valence-corrected chi connectivity index (χ3v) is 7.66. The summed E-state index contributed by atoms with van der Waals surface area (Å²) < 4.78 is 7.64. The third kappa shape index (κ3) is 6.63. The van der Waals surface area contributed by atoms with E-state index in [1.165, 1.54) is 18.0 Å². The SMILES string of the molecule is CCN(CC)CCCC(C)NC(=O)c1coc(CSc2nnc(-c3cccs3)n2-c2ccccc2)n1. The van der Waals surface area contributed by atoms with Crippen LogP contribution < -0.4 is 5.32 Å². The zero-order chi connectivity index (χ0) is 25.3. The van der Waals surface area contributed by atoms with Crippen LogP contribution in [-0.4, -0.2) is 56.2 Å². The maximum absolute atomic E-state index is 12.6. The average molecular weight is 525 g/mol. The molecule has 0 aliphatic heterocycles. The van der Waals surface area contributed by atoms with Gasteiger partial charge in [-0.3, -0.25) is 9.36 Å². The number of benzene rings is 1. The minimum atomic E-state index is -0.210. The molecule has 0 saturated carbocycles. The van der Waals surface area contributed by atoms with E-state index in [4.69, 9.17) is 4.42 Å². The second-order valence-corrected chi connectivity index (χ2v) is 10.3. The van der Waals surface area contributed by atoms with Gasteiger partial charge in [-0.15, -0.1) is 21.5 Å². The summed E-state index contributed by atoms with van der Waals surface area (Å²) in [5.74, 6) is 1.49. The van der Waals surface area contributed by atoms with Gasteiger partial charge in [0.15, 0.2) is 16.7 Å². The van der Waals surface area contributed by atoms with E-state index < -0.39 is 0 Å². The van der Waals surface area contributed by atoms with E-state index in [-0.39, 0.29) is 11.9 Å². The van der Waals surface area contributed by atoms with Gasteiger partial charge in [0.2, 0.25) is 5.89 Å². The topological polar surface area (TPSA) is 89.1 Å². The van der Waals surface area contributed by atoms with Crippen molar-refractivity contribution in [3.05, 3.63) is 65.7 Å². The van der Waals surface area contributed by atoms with Crippen LogP contribution in [0.1, 0.15) is 50.0 Å². The van der Waals surface area contributed by atoms with Crippen molar-refractivity contribution in [2.75, 3.05) is 19.6 Å². The lowest BCUT2D eigenvalue weighted by atomic mass is 10.1. The number of hydrogen-bond donors (Lipinski definition) is 1. The quantitative estimate of drug-likeness (QED) is 0.231. The summed E-state index contributed by atoms with van der Waals surface area (Å²) in [6, 6.07) is 14.1. The van der Waals surface area contributed by atoms with Crippen LogP contribution in [0.3, 0.4) is 0 Å². The van der Waals surface area contributed by atoms with Crippen molar-refractivity contribution in [3.8, 4) is 16.4 Å². The van der Waals surface area contributed by atoms with Crippen molar-refractivity contribution in [1.82, 2.24) is 30.0 Å². The molecule has 1 N–H and O–H groups in total. The highest BCUT2D eigenvalue weighted by Crippen LogP contribution is 2.31. The fourth-order valence-corrected chi connectivity index (χ4v) is 5.38. The van der Waals surface area contributed by atoms with Crippen LogP contribution in [0.25, 0.3) is 16.4 Å². The normalized spacial score (nSPS) is 12.2. The number of thioether (sulfide) groups is 1. The monoisotopic (exact) mass is 524 g/mol. The average Bonchev–Trinajstić information content (AvgIpc) is 3.66. The van der Waals surface area contributed by atoms with Crippen LogP contribution in [0.4, 0.5) is 0 Å². The van der Waals surface area contributed by atoms with Crippen molar-refractivity contribution >= 4 is 29.0 Å². The zero-order valence-electron chi connectivity index (χ0n) is 20.9. The minimum Gasteiger partial charge on any atom is -0.447 e. The smallest absolute Gasteiger partial charge is 0.273 e. The molecular weight excluding hydrogens is 492 g/mol. The number of aromatic nitrogens is 4. The van der Waals surface area contributed by atoms with Gasteiger partial charge in [0.1, 0.15) is 6.26 Å². The molecule has 0 spiro atoms. The largest absolute Gasteiger partial charge is 0.447 e. The van der Waals surface area contributed by atoms with Crippen LogP contribution >= 0.6 is 23.1 Å². The molecule has 190 valence electrons. The van der Waals surface area contributed by atoms with Gasteiger partial charge < -0.3 is 14.6 Å². The molecule has 4 rings (SSSR count). The summed E-state index contributed by atoms with van der Waals surface area (Å²) in [6.07, 6.45) is 3.39. The van der Waals surface area contributed by atoms with E-state index in [0.717, 1.165) is 54.0 Å². The van der Waals surface area contributed by atoms with Gasteiger partial charge in [-0.25, -0.2) is 4.98 Å². The molecule has 0 bridgehead atoms. The maximum Gasteiger partial charge on any atom is 0.273 e. The summed E-state index contributed by atoms with van der Waals surface area (Å²) in [5, 5.41) is 14.7. The lowest BCUT2D eigenvalue weighted by Crippen LogP contribution is -2.33. The number of amides is 1. The fourth-order valence-electron chi connectivity index (χ4n) is 3.88. The van der Waals surface area contributed by atoms with E-state index in [0.29, 0.717) is 17.3 Å². The predicted octanol–water partition coefficient (Wildman–Crippen LogP) is 5.52. The first-order chi connectivity index (χ1) is 17.6. The molecule has 0 radical (unpaired) electrons. The van der Waals surface area contributed by atoms with Gasteiger partial charge >= 0.3 is 0 Å². The Kier molecular flexibility index (Phi) is 9.32. The Hall–Kier alpha value is -2.95. The van der Waals surface area contributed by atoms with Crippen molar-refractivity contribution in [2.45, 2.75) is 50.6 Å². The molecule has 3 aromatic heterocycles. The highest BCUT2D eigenvalue weighted by molar-refractivity contribution is 7.98. The highest BCUT2D eigenvalue weighted by Gasteiger charge is 2.19. The molecule has 1 aromatic carbocycles. The van der Waals surface area contributed by atoms with Crippen molar-refractivity contribution in [2.24, 2.45) is 0 Å². The van der Waals surface area contributed by atoms with Gasteiger partial charge in [-0.1, -0.05) is 49.9 Å². The third-order valence-electron chi connectivity index (χ3n) is 5.88. The zero-order valence-corrected chi connectivity index (χ0v) is 22.5. The van der Waals surface area contributed by atoms with E-state index in [9.17, 15) is 4.79 Å². The molecule has 1 unspecified atom stereocenters. The Morgan fingerprint density at radius 1 is 1.17 bits per heavy atom. The Labute approximate surface area is 220 Å². The number of para-hydroxylation sites is 1. The first-order valence-corrected chi connectivity index (χ1v) is 14.1. The molecule has 0 aliphatic rings. The van der Waals surface area contributed by atoms with Crippen molar-refractivity contribution in [3.63, 3.8) is 0 Å². The van der Waals surface area contributed by atoms with Crippen molar-refractivity contribution < 1.29 is 9.21 Å². The molecule has 1 atom stereocenters. The lowest BCUT2D eigenvalue weighted by molar-refractivity contribution is 0.0932. The lowest BCUT2D eigenvalue weighted by Gasteiger charge is -2.19. The summed E-state index contributed by atoms with van der Waals surface area (Å²) in [7, 11) is 0. The molecule has 3 heterocycles. The van der Waals surface area contributed by atoms with Crippen LogP contribution in [0.15, 0.2) is 63.7 Å². The highest BCUT2D eigenvalue weighted by atomic mass is 32.2. The first-order valence-electron chi connectivity index (χ1n) is 12.2. The molecule has 4 aromatic rings. The molecule has 10 heteroatoms. The fraction of sp³-hybridized carbons (Fsp3) is 0.385. The standard InChI is InChI=1S/C26H32N6O2S2/c1-4-31(5-2)15-9-11-19(3)27-25(33)21-17-34-23(28-21)18-36-26-30-29-24(22-14-10-16-35-22)32(26)20-12-7-6-8-13-20/h6-8,10,12-14,16-17,19H,4-5,9,11,15,18H2,1-3H3,(H,27,33). The number of rotatable bonds is 13. The van der Waals surface area contributed by atoms with Gasteiger partial charge in [-0.05, 0) is 63.0 Å². The number of oxazole rings is 1. The Balaban J connectivity index is 1.37. The van der Waals surface area contributed by atoms with Gasteiger partial charge in [0, 0.05) is 11.7 Å². The van der Waals surface area contributed by atoms with E-state index in [1.807, 2.05) is 59.3 Å². The summed E-state index contributed by atoms with van der Waals surface area (Å²) in [6.45, 7) is 9.51. The molecular formula is C26H32N6O2S2. The van der Waals surface area contributed by atoms with Crippen molar-refractivity contribution in [1.29, 1.82) is 0 Å². The number of carbonyl (C=O) groups is 1. The Morgan fingerprint density at radius 2 is 1.97 bits per heavy atom. The Bertz CT molecular complexity index is 1220. The van der Waals surface area contributed by atoms with E-state index >= 15 is 0 Å². The minimum absolute atomic E-state index is 0.0719. The number of thiophene rings is 1. The molecule has 1 amide bonds. The molecule has 0 fully saturated rings. The van der Waals surface area contributed by atoms with Crippen LogP contribution in [0.2, 0.25) is 0 Å². The molecule has 36 heavy (non-hydrogen) atoms. The number of carbonyl (C=O) groups excluding carboxylic acids is 1. The number of hydrogen-bond acceptors (Lipinski definition) is 8. The number of nitrogens with one attached hydrogen (secondary N) is 1. The predicted molar refractivity (Wildman–Crippen MR) is 145 cm³/mol. The summed E-state index contributed by atoms with van der Waals surface area (Å²) in [5.41, 5.74) is 1.28. The van der Waals surface area contributed by atoms with Crippen LogP contribution in [0.5, 0.6) is 0 Å². The second kappa shape index (κ2) is 12.8. The maximum atomic E-state index is 12.6. The number of nitrogens with zero attached hydrogens (tertiary/aromatic N) is 5. The second-order valence-electron chi connectivity index (χ2n) is 8.41. The first kappa shape index (κ1) is 26.1. The van der Waals surface area contributed by atoms with Gasteiger partial charge in [-0.2, -0.15) is 0 Å². The van der Waals surface area contributed by atoms with Gasteiger partial charge in [0.05, 0.1) is 10.6 Å². The van der Waals surface area contributed by atoms with E-state index in [1.54, 1.807) is 11.3 Å². The van der Waals surface area contributed by atoms with Gasteiger partial charge in [0.25, 0.3) is 5.91 Å². The van der Waals surface area contributed by atoms with Crippen LogP contribution in [-0.2, 0) is 5.75 Å². The Morgan fingerprint density at radius 3 is 2.69 bits per heavy atom. The molecule has 0 aliphatic carbocycles. The van der Waals surface area contributed by atoms with Crippen LogP contribution in [0, 0.1) is 0 Å².